The van der Waals surface area contributed by atoms with E-state index in [1.807, 2.05) is 7.05 Å². The van der Waals surface area contributed by atoms with Crippen LogP contribution in [0.25, 0.3) is 0 Å². The van der Waals surface area contributed by atoms with Crippen LogP contribution in [0.1, 0.15) is 10.4 Å². The fourth-order valence-corrected chi connectivity index (χ4v) is 2.03. The number of amides is 1. The van der Waals surface area contributed by atoms with Gasteiger partial charge in [-0.05, 0) is 25.2 Å². The summed E-state index contributed by atoms with van der Waals surface area (Å²) < 4.78 is 54.0. The van der Waals surface area contributed by atoms with Gasteiger partial charge in [0.1, 0.15) is 5.75 Å². The van der Waals surface area contributed by atoms with Gasteiger partial charge in [0.2, 0.25) is 0 Å². The second-order valence-corrected chi connectivity index (χ2v) is 5.22. The predicted octanol–water partition coefficient (Wildman–Crippen LogP) is 1.82. The number of piperazine rings is 1. The Morgan fingerprint density at radius 1 is 1.26 bits per heavy atom. The number of hydrogen-bond donors (Lipinski definition) is 1. The molecule has 0 radical (unpaired) electrons. The van der Waals surface area contributed by atoms with E-state index >= 15 is 0 Å². The molecule has 0 spiro atoms. The number of carbonyl (C=O) groups is 1. The van der Waals surface area contributed by atoms with Gasteiger partial charge >= 0.3 is 12.5 Å². The first-order valence-corrected chi connectivity index (χ1v) is 6.97. The summed E-state index contributed by atoms with van der Waals surface area (Å²) in [5.41, 5.74) is 2.69. The SMILES string of the molecule is CN1CCN(NC(=O)c2cccc(OC(F)(F)C(F)F)c2)CC1. The second kappa shape index (κ2) is 7.14. The first kappa shape index (κ1) is 17.5. The van der Waals surface area contributed by atoms with E-state index in [1.165, 1.54) is 12.1 Å². The zero-order chi connectivity index (χ0) is 17.0. The topological polar surface area (TPSA) is 44.8 Å². The Morgan fingerprint density at radius 2 is 1.91 bits per heavy atom. The second-order valence-electron chi connectivity index (χ2n) is 5.22. The van der Waals surface area contributed by atoms with Crippen molar-refractivity contribution in [1.29, 1.82) is 0 Å². The van der Waals surface area contributed by atoms with Crippen LogP contribution in [0.5, 0.6) is 5.75 Å². The molecule has 1 heterocycles. The Balaban J connectivity index is 2.00. The molecular formula is C14H17F4N3O2. The molecule has 1 aromatic carbocycles. The molecule has 23 heavy (non-hydrogen) atoms. The lowest BCUT2D eigenvalue weighted by Gasteiger charge is -2.32. The maximum absolute atomic E-state index is 12.9. The molecule has 0 unspecified atom stereocenters. The van der Waals surface area contributed by atoms with Crippen molar-refractivity contribution in [2.45, 2.75) is 12.5 Å². The van der Waals surface area contributed by atoms with Crippen molar-refractivity contribution in [3.8, 4) is 5.75 Å². The number of carbonyl (C=O) groups excluding carboxylic acids is 1. The highest BCUT2D eigenvalue weighted by Crippen LogP contribution is 2.27. The van der Waals surface area contributed by atoms with E-state index in [0.717, 1.165) is 25.2 Å². The molecule has 128 valence electrons. The van der Waals surface area contributed by atoms with E-state index in [9.17, 15) is 22.4 Å². The highest BCUT2D eigenvalue weighted by molar-refractivity contribution is 5.94. The largest absolute Gasteiger partial charge is 0.461 e. The van der Waals surface area contributed by atoms with Gasteiger partial charge in [0.15, 0.2) is 0 Å². The Bertz CT molecular complexity index is 549. The van der Waals surface area contributed by atoms with Crippen molar-refractivity contribution in [3.05, 3.63) is 29.8 Å². The molecule has 0 atom stereocenters. The van der Waals surface area contributed by atoms with Crippen molar-refractivity contribution in [1.82, 2.24) is 15.3 Å². The number of rotatable bonds is 5. The molecule has 0 bridgehead atoms. The summed E-state index contributed by atoms with van der Waals surface area (Å²) >= 11 is 0. The third-order valence-electron chi connectivity index (χ3n) is 3.37. The zero-order valence-corrected chi connectivity index (χ0v) is 12.4. The number of nitrogens with zero attached hydrogens (tertiary/aromatic N) is 2. The quantitative estimate of drug-likeness (QED) is 0.834. The van der Waals surface area contributed by atoms with E-state index in [2.05, 4.69) is 15.1 Å². The van der Waals surface area contributed by atoms with Gasteiger partial charge in [-0.1, -0.05) is 6.07 Å². The smallest absolute Gasteiger partial charge is 0.428 e. The molecule has 0 saturated carbocycles. The first-order chi connectivity index (χ1) is 10.8. The van der Waals surface area contributed by atoms with Crippen molar-refractivity contribution in [2.75, 3.05) is 33.2 Å². The maximum Gasteiger partial charge on any atom is 0.461 e. The van der Waals surface area contributed by atoms with Crippen LogP contribution in [-0.2, 0) is 0 Å². The van der Waals surface area contributed by atoms with E-state index in [4.69, 9.17) is 0 Å². The molecule has 9 heteroatoms. The van der Waals surface area contributed by atoms with Gasteiger partial charge in [-0.2, -0.15) is 17.6 Å². The molecule has 1 aliphatic heterocycles. The summed E-state index contributed by atoms with van der Waals surface area (Å²) in [7, 11) is 1.96. The van der Waals surface area contributed by atoms with Crippen LogP contribution in [0.2, 0.25) is 0 Å². The first-order valence-electron chi connectivity index (χ1n) is 6.97. The minimum atomic E-state index is -4.60. The molecule has 1 aromatic rings. The molecule has 0 aliphatic carbocycles. The van der Waals surface area contributed by atoms with Crippen molar-refractivity contribution < 1.29 is 27.1 Å². The monoisotopic (exact) mass is 335 g/mol. The van der Waals surface area contributed by atoms with E-state index in [0.29, 0.717) is 13.1 Å². The fraction of sp³-hybridized carbons (Fsp3) is 0.500. The summed E-state index contributed by atoms with van der Waals surface area (Å²) in [6.07, 6.45) is -8.56. The van der Waals surface area contributed by atoms with E-state index in [1.54, 1.807) is 5.01 Å². The lowest BCUT2D eigenvalue weighted by atomic mass is 10.2. The predicted molar refractivity (Wildman–Crippen MR) is 74.6 cm³/mol. The van der Waals surface area contributed by atoms with Gasteiger partial charge in [0.05, 0.1) is 0 Å². The van der Waals surface area contributed by atoms with Gasteiger partial charge in [-0.15, -0.1) is 0 Å². The number of alkyl halides is 4. The van der Waals surface area contributed by atoms with E-state index in [-0.39, 0.29) is 5.56 Å². The minimum Gasteiger partial charge on any atom is -0.428 e. The molecule has 1 fully saturated rings. The number of benzene rings is 1. The highest BCUT2D eigenvalue weighted by Gasteiger charge is 2.44. The van der Waals surface area contributed by atoms with Gasteiger partial charge in [0.25, 0.3) is 5.91 Å². The molecule has 1 aliphatic rings. The van der Waals surface area contributed by atoms with Crippen LogP contribution in [0.3, 0.4) is 0 Å². The highest BCUT2D eigenvalue weighted by atomic mass is 19.3. The molecule has 1 amide bonds. The van der Waals surface area contributed by atoms with E-state index < -0.39 is 24.2 Å². The van der Waals surface area contributed by atoms with Crippen molar-refractivity contribution >= 4 is 5.91 Å². The summed E-state index contributed by atoms with van der Waals surface area (Å²) in [6, 6.07) is 4.76. The lowest BCUT2D eigenvalue weighted by Crippen LogP contribution is -2.52. The maximum atomic E-state index is 12.9. The number of likely N-dealkylation sites (N-methyl/N-ethyl adjacent to an activating group) is 1. The average Bonchev–Trinajstić information content (AvgIpc) is 2.49. The number of halogens is 4. The Kier molecular flexibility index (Phi) is 5.42. The van der Waals surface area contributed by atoms with Crippen LogP contribution in [0.15, 0.2) is 24.3 Å². The average molecular weight is 335 g/mol. The van der Waals surface area contributed by atoms with Crippen LogP contribution < -0.4 is 10.2 Å². The molecule has 1 saturated heterocycles. The van der Waals surface area contributed by atoms with Crippen LogP contribution in [0, 0.1) is 0 Å². The summed E-state index contributed by atoms with van der Waals surface area (Å²) in [6.45, 7) is 2.82. The van der Waals surface area contributed by atoms with Crippen molar-refractivity contribution in [3.63, 3.8) is 0 Å². The summed E-state index contributed by atoms with van der Waals surface area (Å²) in [5.74, 6) is -1.01. The fourth-order valence-electron chi connectivity index (χ4n) is 2.03. The molecule has 2 rings (SSSR count). The van der Waals surface area contributed by atoms with Gasteiger partial charge in [0, 0.05) is 31.7 Å². The Morgan fingerprint density at radius 3 is 2.52 bits per heavy atom. The summed E-state index contributed by atoms with van der Waals surface area (Å²) in [5, 5.41) is 1.71. The number of hydrazine groups is 1. The zero-order valence-electron chi connectivity index (χ0n) is 12.4. The number of nitrogens with one attached hydrogen (secondary N) is 1. The lowest BCUT2D eigenvalue weighted by molar-refractivity contribution is -0.253. The molecule has 1 N–H and O–H groups in total. The third kappa shape index (κ3) is 4.80. The van der Waals surface area contributed by atoms with Crippen LogP contribution in [0.4, 0.5) is 17.6 Å². The van der Waals surface area contributed by atoms with Crippen LogP contribution in [-0.4, -0.2) is 61.6 Å². The Hall–Kier alpha value is -1.87. The normalized spacial score (nSPS) is 17.3. The summed E-state index contributed by atoms with van der Waals surface area (Å²) in [4.78, 5) is 14.2. The Labute approximate surface area is 130 Å². The van der Waals surface area contributed by atoms with Crippen molar-refractivity contribution in [2.24, 2.45) is 0 Å². The number of hydrogen-bond acceptors (Lipinski definition) is 4. The molecule has 0 aromatic heterocycles. The van der Waals surface area contributed by atoms with Gasteiger partial charge in [-0.25, -0.2) is 5.01 Å². The number of ether oxygens (including phenoxy) is 1. The molecular weight excluding hydrogens is 318 g/mol. The van der Waals surface area contributed by atoms with Gasteiger partial charge < -0.3 is 9.64 Å². The standard InChI is InChI=1S/C14H17F4N3O2/c1-20-5-7-21(8-6-20)19-12(22)10-3-2-4-11(9-10)23-14(17,18)13(15)16/h2-4,9,13H,5-8H2,1H3,(H,19,22). The molecule has 5 nitrogen and oxygen atoms in total. The third-order valence-corrected chi connectivity index (χ3v) is 3.37. The van der Waals surface area contributed by atoms with Gasteiger partial charge in [-0.3, -0.25) is 10.2 Å². The minimum absolute atomic E-state index is 0.0477. The van der Waals surface area contributed by atoms with Crippen LogP contribution >= 0.6 is 0 Å².